The number of likely N-dealkylation sites (N-methyl/N-ethyl adjacent to an activating group) is 1. The number of hydrogen-bond acceptors (Lipinski definition) is 4. The number of rotatable bonds is 8. The highest BCUT2D eigenvalue weighted by molar-refractivity contribution is 7.99. The van der Waals surface area contributed by atoms with E-state index in [2.05, 4.69) is 5.32 Å². The van der Waals surface area contributed by atoms with Crippen molar-refractivity contribution >= 4 is 17.7 Å². The van der Waals surface area contributed by atoms with Crippen LogP contribution in [-0.4, -0.2) is 41.2 Å². The lowest BCUT2D eigenvalue weighted by Crippen LogP contribution is -2.59. The van der Waals surface area contributed by atoms with Gasteiger partial charge in [-0.2, -0.15) is 11.8 Å². The number of carbonyl (C=O) groups excluding carboxylic acids is 1. The van der Waals surface area contributed by atoms with Gasteiger partial charge in [-0.05, 0) is 25.3 Å². The second-order valence-electron chi connectivity index (χ2n) is 3.92. The highest BCUT2D eigenvalue weighted by atomic mass is 32.2. The fourth-order valence-electron chi connectivity index (χ4n) is 1.86. The van der Waals surface area contributed by atoms with Gasteiger partial charge in [-0.25, -0.2) is 0 Å². The minimum absolute atomic E-state index is 0.149. The van der Waals surface area contributed by atoms with Crippen molar-refractivity contribution in [3.8, 4) is 0 Å². The molecule has 4 N–H and O–H groups in total. The highest BCUT2D eigenvalue weighted by Gasteiger charge is 2.48. The van der Waals surface area contributed by atoms with Gasteiger partial charge in [0.05, 0.1) is 6.61 Å². The summed E-state index contributed by atoms with van der Waals surface area (Å²) in [5, 5.41) is 12.0. The van der Waals surface area contributed by atoms with Gasteiger partial charge in [0.1, 0.15) is 5.54 Å². The Balaban J connectivity index is 2.59. The van der Waals surface area contributed by atoms with Gasteiger partial charge in [-0.1, -0.05) is 6.92 Å². The summed E-state index contributed by atoms with van der Waals surface area (Å²) in [5.74, 6) is 1.47. The minimum atomic E-state index is -0.547. The molecule has 1 fully saturated rings. The van der Waals surface area contributed by atoms with E-state index in [9.17, 15) is 4.79 Å². The molecule has 0 aromatic heterocycles. The molecule has 88 valence electrons. The zero-order valence-electron chi connectivity index (χ0n) is 9.16. The summed E-state index contributed by atoms with van der Waals surface area (Å²) >= 11 is 1.58. The largest absolute Gasteiger partial charge is 0.396 e. The minimum Gasteiger partial charge on any atom is -0.396 e. The van der Waals surface area contributed by atoms with E-state index in [-0.39, 0.29) is 12.5 Å². The number of thioether (sulfide) groups is 1. The highest BCUT2D eigenvalue weighted by Crippen LogP contribution is 2.41. The zero-order valence-corrected chi connectivity index (χ0v) is 9.98. The van der Waals surface area contributed by atoms with E-state index >= 15 is 0 Å². The van der Waals surface area contributed by atoms with Crippen molar-refractivity contribution in [2.45, 2.75) is 25.3 Å². The number of primary amides is 1. The molecule has 0 spiro atoms. The van der Waals surface area contributed by atoms with Crippen molar-refractivity contribution in [3.63, 3.8) is 0 Å². The van der Waals surface area contributed by atoms with Crippen LogP contribution < -0.4 is 11.1 Å². The zero-order chi connectivity index (χ0) is 11.3. The predicted molar refractivity (Wildman–Crippen MR) is 62.7 cm³/mol. The summed E-state index contributed by atoms with van der Waals surface area (Å²) in [6, 6.07) is 0. The summed E-state index contributed by atoms with van der Waals surface area (Å²) in [7, 11) is 0. The maximum atomic E-state index is 11.6. The first-order chi connectivity index (χ1) is 7.17. The van der Waals surface area contributed by atoms with Crippen LogP contribution >= 0.6 is 11.8 Å². The molecule has 1 aliphatic carbocycles. The van der Waals surface area contributed by atoms with Crippen molar-refractivity contribution in [2.24, 2.45) is 11.7 Å². The van der Waals surface area contributed by atoms with E-state index < -0.39 is 5.54 Å². The van der Waals surface area contributed by atoms with Crippen molar-refractivity contribution < 1.29 is 9.90 Å². The van der Waals surface area contributed by atoms with Gasteiger partial charge in [-0.15, -0.1) is 0 Å². The number of carbonyl (C=O) groups is 1. The Bertz CT molecular complexity index is 221. The van der Waals surface area contributed by atoms with Gasteiger partial charge in [0.2, 0.25) is 5.91 Å². The maximum absolute atomic E-state index is 11.6. The molecule has 4 nitrogen and oxygen atoms in total. The van der Waals surface area contributed by atoms with Gasteiger partial charge < -0.3 is 16.2 Å². The number of nitrogens with one attached hydrogen (secondary N) is 1. The lowest BCUT2D eigenvalue weighted by atomic mass is 9.94. The molecule has 1 saturated carbocycles. The second-order valence-corrected chi connectivity index (χ2v) is 5.02. The standard InChI is InChI=1S/C10H20N2O2S/c1-2-12-10(9(11)14,8-3-4-8)7-15-6-5-13/h8,12-13H,2-7H2,1H3,(H2,11,14). The van der Waals surface area contributed by atoms with E-state index in [0.29, 0.717) is 17.4 Å². The molecule has 0 heterocycles. The first-order valence-corrected chi connectivity index (χ1v) is 6.56. The first kappa shape index (κ1) is 12.8. The smallest absolute Gasteiger partial charge is 0.238 e. The van der Waals surface area contributed by atoms with Crippen molar-refractivity contribution in [1.29, 1.82) is 0 Å². The molecule has 0 radical (unpaired) electrons. The molecule has 0 saturated heterocycles. The van der Waals surface area contributed by atoms with Crippen LogP contribution in [0.5, 0.6) is 0 Å². The molecule has 1 unspecified atom stereocenters. The van der Waals surface area contributed by atoms with Gasteiger partial charge >= 0.3 is 0 Å². The third-order valence-corrected chi connectivity index (χ3v) is 3.90. The fraction of sp³-hybridized carbons (Fsp3) is 0.900. The first-order valence-electron chi connectivity index (χ1n) is 5.41. The number of hydrogen-bond donors (Lipinski definition) is 3. The van der Waals surface area contributed by atoms with Crippen LogP contribution in [0.2, 0.25) is 0 Å². The van der Waals surface area contributed by atoms with Gasteiger partial charge in [0.15, 0.2) is 0 Å². The van der Waals surface area contributed by atoms with E-state index in [1.165, 1.54) is 0 Å². The Labute approximate surface area is 95.0 Å². The van der Waals surface area contributed by atoms with E-state index in [1.807, 2.05) is 6.92 Å². The predicted octanol–water partition coefficient (Wildman–Crippen LogP) is -0.0445. The normalized spacial score (nSPS) is 19.9. The molecule has 0 aromatic rings. The van der Waals surface area contributed by atoms with Crippen LogP contribution in [0.15, 0.2) is 0 Å². The molecule has 1 aliphatic rings. The second kappa shape index (κ2) is 5.72. The molecule has 1 atom stereocenters. The summed E-state index contributed by atoms with van der Waals surface area (Å²) in [6.45, 7) is 2.88. The third-order valence-electron chi connectivity index (χ3n) is 2.77. The lowest BCUT2D eigenvalue weighted by molar-refractivity contribution is -0.124. The summed E-state index contributed by atoms with van der Waals surface area (Å²) in [6.07, 6.45) is 2.16. The van der Waals surface area contributed by atoms with Crippen LogP contribution in [0, 0.1) is 5.92 Å². The number of aliphatic hydroxyl groups excluding tert-OH is 1. The summed E-state index contributed by atoms with van der Waals surface area (Å²) in [4.78, 5) is 11.6. The SMILES string of the molecule is CCNC(CSCCO)(C(N)=O)C1CC1. The van der Waals surface area contributed by atoms with Crippen LogP contribution in [0.4, 0.5) is 0 Å². The molecule has 1 rings (SSSR count). The number of nitrogens with two attached hydrogens (primary N) is 1. The van der Waals surface area contributed by atoms with E-state index in [4.69, 9.17) is 10.8 Å². The monoisotopic (exact) mass is 232 g/mol. The molecule has 1 amide bonds. The quantitative estimate of drug-likeness (QED) is 0.513. The fourth-order valence-corrected chi connectivity index (χ4v) is 2.94. The Kier molecular flexibility index (Phi) is 4.89. The van der Waals surface area contributed by atoms with Crippen molar-refractivity contribution in [3.05, 3.63) is 0 Å². The number of amides is 1. The van der Waals surface area contributed by atoms with Crippen molar-refractivity contribution in [2.75, 3.05) is 24.7 Å². The molecular formula is C10H20N2O2S. The van der Waals surface area contributed by atoms with Crippen LogP contribution in [-0.2, 0) is 4.79 Å². The van der Waals surface area contributed by atoms with Crippen LogP contribution in [0.25, 0.3) is 0 Å². The molecule has 15 heavy (non-hydrogen) atoms. The summed E-state index contributed by atoms with van der Waals surface area (Å²) in [5.41, 5.74) is 4.96. The van der Waals surface area contributed by atoms with Gasteiger partial charge in [0, 0.05) is 11.5 Å². The van der Waals surface area contributed by atoms with Gasteiger partial charge in [0.25, 0.3) is 0 Å². The molecule has 0 aliphatic heterocycles. The average Bonchev–Trinajstić information content (AvgIpc) is 3.00. The van der Waals surface area contributed by atoms with Crippen LogP contribution in [0.3, 0.4) is 0 Å². The average molecular weight is 232 g/mol. The van der Waals surface area contributed by atoms with E-state index in [1.54, 1.807) is 11.8 Å². The molecule has 0 bridgehead atoms. The Hall–Kier alpha value is -0.260. The number of aliphatic hydroxyl groups is 1. The Morgan fingerprint density at radius 2 is 2.33 bits per heavy atom. The van der Waals surface area contributed by atoms with E-state index in [0.717, 1.165) is 19.4 Å². The Morgan fingerprint density at radius 1 is 1.67 bits per heavy atom. The lowest BCUT2D eigenvalue weighted by Gasteiger charge is -2.31. The maximum Gasteiger partial charge on any atom is 0.238 e. The summed E-state index contributed by atoms with van der Waals surface area (Å²) < 4.78 is 0. The van der Waals surface area contributed by atoms with Crippen LogP contribution in [0.1, 0.15) is 19.8 Å². The molecule has 0 aromatic carbocycles. The topological polar surface area (TPSA) is 75.3 Å². The van der Waals surface area contributed by atoms with Crippen molar-refractivity contribution in [1.82, 2.24) is 5.32 Å². The molecule has 5 heteroatoms. The van der Waals surface area contributed by atoms with Gasteiger partial charge in [-0.3, -0.25) is 4.79 Å². The third kappa shape index (κ3) is 3.09. The Morgan fingerprint density at radius 3 is 2.73 bits per heavy atom. The molecular weight excluding hydrogens is 212 g/mol.